The molecule has 2 aromatic rings. The lowest BCUT2D eigenvalue weighted by atomic mass is 9.75. The Hall–Kier alpha value is -2.23. The Morgan fingerprint density at radius 3 is 1.81 bits per heavy atom. The highest BCUT2D eigenvalue weighted by molar-refractivity contribution is 8.00. The van der Waals surface area contributed by atoms with E-state index in [1.54, 1.807) is 11.8 Å². The van der Waals surface area contributed by atoms with Crippen molar-refractivity contribution in [1.82, 2.24) is 0 Å². The molecule has 1 fully saturated rings. The van der Waals surface area contributed by atoms with Crippen molar-refractivity contribution in [2.75, 3.05) is 5.75 Å². The Morgan fingerprint density at radius 2 is 1.38 bits per heavy atom. The van der Waals surface area contributed by atoms with Crippen molar-refractivity contribution in [2.24, 2.45) is 11.8 Å². The van der Waals surface area contributed by atoms with Crippen LogP contribution in [0.5, 0.6) is 0 Å². The predicted molar refractivity (Wildman–Crippen MR) is 84.3 cm³/mol. The summed E-state index contributed by atoms with van der Waals surface area (Å²) in [6.07, 6.45) is 0. The fourth-order valence-corrected chi connectivity index (χ4v) is 4.76. The second kappa shape index (κ2) is 5.64. The fourth-order valence-electron chi connectivity index (χ4n) is 3.05. The summed E-state index contributed by atoms with van der Waals surface area (Å²) >= 11 is 1.72. The molecule has 0 radical (unpaired) electrons. The molecule has 2 atom stereocenters. The minimum atomic E-state index is -0.447. The van der Waals surface area contributed by atoms with Gasteiger partial charge >= 0.3 is 0 Å². The van der Waals surface area contributed by atoms with Crippen LogP contribution in [0.25, 0.3) is 0 Å². The van der Waals surface area contributed by atoms with Gasteiger partial charge in [-0.1, -0.05) is 60.7 Å². The van der Waals surface area contributed by atoms with Crippen LogP contribution in [-0.4, -0.2) is 5.75 Å². The number of hydrogen-bond donors (Lipinski definition) is 0. The molecule has 0 spiro atoms. The van der Waals surface area contributed by atoms with Gasteiger partial charge in [0.25, 0.3) is 0 Å². The Kier molecular flexibility index (Phi) is 3.69. The molecule has 0 bridgehead atoms. The molecule has 0 aromatic heterocycles. The van der Waals surface area contributed by atoms with E-state index < -0.39 is 4.75 Å². The second-order valence-corrected chi connectivity index (χ2v) is 6.39. The van der Waals surface area contributed by atoms with E-state index in [9.17, 15) is 10.5 Å². The maximum Gasteiger partial charge on any atom is 0.0858 e. The molecule has 0 aliphatic carbocycles. The van der Waals surface area contributed by atoms with Crippen LogP contribution >= 0.6 is 11.8 Å². The monoisotopic (exact) mass is 290 g/mol. The van der Waals surface area contributed by atoms with Gasteiger partial charge in [0.05, 0.1) is 28.7 Å². The van der Waals surface area contributed by atoms with E-state index in [1.807, 2.05) is 36.4 Å². The van der Waals surface area contributed by atoms with Gasteiger partial charge in [0.1, 0.15) is 0 Å². The molecule has 0 N–H and O–H groups in total. The molecule has 3 heteroatoms. The highest BCUT2D eigenvalue weighted by atomic mass is 32.2. The summed E-state index contributed by atoms with van der Waals surface area (Å²) in [6.45, 7) is 0. The van der Waals surface area contributed by atoms with Gasteiger partial charge in [-0.3, -0.25) is 0 Å². The Morgan fingerprint density at radius 1 is 0.857 bits per heavy atom. The first-order valence-corrected chi connectivity index (χ1v) is 7.85. The van der Waals surface area contributed by atoms with Crippen molar-refractivity contribution >= 4 is 11.8 Å². The lowest BCUT2D eigenvalue weighted by Gasteiger charge is -2.33. The van der Waals surface area contributed by atoms with Crippen molar-refractivity contribution in [3.8, 4) is 12.1 Å². The van der Waals surface area contributed by atoms with E-state index in [2.05, 4.69) is 36.4 Å². The minimum Gasteiger partial charge on any atom is -0.198 e. The Bertz CT molecular complexity index is 658. The zero-order chi connectivity index (χ0) is 14.7. The summed E-state index contributed by atoms with van der Waals surface area (Å²) in [5.41, 5.74) is 2.20. The van der Waals surface area contributed by atoms with Crippen molar-refractivity contribution in [1.29, 1.82) is 10.5 Å². The SMILES string of the molecule is N#C[C@@H]1CSC(c2ccccc2)(c2ccccc2)[C@H]1C#N. The van der Waals surface area contributed by atoms with Crippen LogP contribution in [0.4, 0.5) is 0 Å². The van der Waals surface area contributed by atoms with E-state index in [4.69, 9.17) is 0 Å². The summed E-state index contributed by atoms with van der Waals surface area (Å²) in [7, 11) is 0. The summed E-state index contributed by atoms with van der Waals surface area (Å²) in [5, 5.41) is 19.1. The van der Waals surface area contributed by atoms with Gasteiger partial charge in [0, 0.05) is 5.75 Å². The van der Waals surface area contributed by atoms with Gasteiger partial charge in [-0.2, -0.15) is 10.5 Å². The van der Waals surface area contributed by atoms with Crippen LogP contribution in [0.15, 0.2) is 60.7 Å². The minimum absolute atomic E-state index is 0.236. The van der Waals surface area contributed by atoms with Crippen molar-refractivity contribution < 1.29 is 0 Å². The maximum absolute atomic E-state index is 9.71. The Labute approximate surface area is 129 Å². The van der Waals surface area contributed by atoms with E-state index in [1.165, 1.54) is 0 Å². The number of benzene rings is 2. The Balaban J connectivity index is 2.23. The first kappa shape index (κ1) is 13.7. The zero-order valence-corrected chi connectivity index (χ0v) is 12.3. The molecular weight excluding hydrogens is 276 g/mol. The third-order valence-electron chi connectivity index (χ3n) is 4.04. The molecule has 21 heavy (non-hydrogen) atoms. The smallest absolute Gasteiger partial charge is 0.0858 e. The quantitative estimate of drug-likeness (QED) is 0.841. The molecule has 1 aliphatic heterocycles. The number of hydrogen-bond acceptors (Lipinski definition) is 3. The molecule has 102 valence electrons. The van der Waals surface area contributed by atoms with Crippen molar-refractivity contribution in [3.05, 3.63) is 71.8 Å². The zero-order valence-electron chi connectivity index (χ0n) is 11.4. The van der Waals surface area contributed by atoms with Gasteiger partial charge in [0.2, 0.25) is 0 Å². The van der Waals surface area contributed by atoms with Crippen LogP contribution in [0.3, 0.4) is 0 Å². The molecule has 1 heterocycles. The highest BCUT2D eigenvalue weighted by Gasteiger charge is 2.52. The lowest BCUT2D eigenvalue weighted by molar-refractivity contribution is 0.481. The third-order valence-corrected chi connectivity index (χ3v) is 5.75. The first-order chi connectivity index (χ1) is 10.3. The van der Waals surface area contributed by atoms with Crippen LogP contribution in [0.1, 0.15) is 11.1 Å². The lowest BCUT2D eigenvalue weighted by Crippen LogP contribution is -2.31. The number of nitrogens with zero attached hydrogens (tertiary/aromatic N) is 2. The summed E-state index contributed by atoms with van der Waals surface area (Å²) in [6, 6.07) is 24.9. The van der Waals surface area contributed by atoms with Crippen LogP contribution in [0, 0.1) is 34.5 Å². The van der Waals surface area contributed by atoms with Gasteiger partial charge in [-0.15, -0.1) is 11.8 Å². The van der Waals surface area contributed by atoms with E-state index >= 15 is 0 Å². The van der Waals surface area contributed by atoms with Crippen molar-refractivity contribution in [3.63, 3.8) is 0 Å². The standard InChI is InChI=1S/C18H14N2S/c19-11-14-13-21-18(17(14)12-20,15-7-3-1-4-8-15)16-9-5-2-6-10-16/h1-10,14,17H,13H2/t14-,17+/m1/s1. The molecule has 0 saturated carbocycles. The molecular formula is C18H14N2S. The first-order valence-electron chi connectivity index (χ1n) is 6.87. The largest absolute Gasteiger partial charge is 0.198 e. The fraction of sp³-hybridized carbons (Fsp3) is 0.222. The maximum atomic E-state index is 9.71. The average molecular weight is 290 g/mol. The summed E-state index contributed by atoms with van der Waals surface area (Å²) in [5.74, 6) is 0.121. The van der Waals surface area contributed by atoms with E-state index in [0.717, 1.165) is 11.1 Å². The molecule has 2 aromatic carbocycles. The van der Waals surface area contributed by atoms with Crippen LogP contribution in [-0.2, 0) is 4.75 Å². The molecule has 3 rings (SSSR count). The number of nitriles is 2. The molecule has 1 aliphatic rings. The van der Waals surface area contributed by atoms with E-state index in [0.29, 0.717) is 5.75 Å². The van der Waals surface area contributed by atoms with Crippen molar-refractivity contribution in [2.45, 2.75) is 4.75 Å². The highest BCUT2D eigenvalue weighted by Crippen LogP contribution is 2.56. The summed E-state index contributed by atoms with van der Waals surface area (Å²) < 4.78 is -0.447. The summed E-state index contributed by atoms with van der Waals surface area (Å²) in [4.78, 5) is 0. The molecule has 2 nitrogen and oxygen atoms in total. The molecule has 0 amide bonds. The van der Waals surface area contributed by atoms with Gasteiger partial charge < -0.3 is 0 Å². The van der Waals surface area contributed by atoms with Crippen LogP contribution < -0.4 is 0 Å². The number of rotatable bonds is 2. The van der Waals surface area contributed by atoms with E-state index in [-0.39, 0.29) is 11.8 Å². The average Bonchev–Trinajstić information content (AvgIpc) is 2.96. The van der Waals surface area contributed by atoms with Gasteiger partial charge in [0.15, 0.2) is 0 Å². The van der Waals surface area contributed by atoms with Crippen LogP contribution in [0.2, 0.25) is 0 Å². The third kappa shape index (κ3) is 2.11. The molecule has 0 unspecified atom stereocenters. The number of thioether (sulfide) groups is 1. The van der Waals surface area contributed by atoms with Gasteiger partial charge in [-0.05, 0) is 11.1 Å². The predicted octanol–water partition coefficient (Wildman–Crippen LogP) is 3.96. The second-order valence-electron chi connectivity index (χ2n) is 5.12. The normalized spacial score (nSPS) is 23.1. The topological polar surface area (TPSA) is 47.6 Å². The molecule has 1 saturated heterocycles. The van der Waals surface area contributed by atoms with Gasteiger partial charge in [-0.25, -0.2) is 0 Å².